The maximum absolute atomic E-state index is 11.8. The fourth-order valence-electron chi connectivity index (χ4n) is 2.11. The molecule has 1 saturated heterocycles. The molecule has 2 rings (SSSR count). The molecule has 1 fully saturated rings. The molecule has 112 valence electrons. The number of carbonyl (C=O) groups excluding carboxylic acids is 3. The van der Waals surface area contributed by atoms with E-state index in [0.717, 1.165) is 16.2 Å². The lowest BCUT2D eigenvalue weighted by Crippen LogP contribution is -2.39. The molecule has 1 aromatic rings. The molecule has 21 heavy (non-hydrogen) atoms. The van der Waals surface area contributed by atoms with Crippen molar-refractivity contribution in [1.82, 2.24) is 10.2 Å². The highest BCUT2D eigenvalue weighted by molar-refractivity contribution is 6.04. The predicted octanol–water partition coefficient (Wildman–Crippen LogP) is 0.518. The standard InChI is InChI=1S/C15H19N3O3/c1-17(2)12-5-3-11(4-6-12)9-16-13(19)10-18-14(20)7-8-15(18)21/h3-6H,7-10H2,1-2H3,(H,16,19). The van der Waals surface area contributed by atoms with E-state index in [1.54, 1.807) is 0 Å². The Morgan fingerprint density at radius 1 is 1.14 bits per heavy atom. The van der Waals surface area contributed by atoms with Crippen LogP contribution in [0.5, 0.6) is 0 Å². The zero-order valence-electron chi connectivity index (χ0n) is 12.3. The van der Waals surface area contributed by atoms with Gasteiger partial charge in [0.1, 0.15) is 6.54 Å². The second kappa shape index (κ2) is 6.39. The fraction of sp³-hybridized carbons (Fsp3) is 0.400. The van der Waals surface area contributed by atoms with Gasteiger partial charge >= 0.3 is 0 Å². The lowest BCUT2D eigenvalue weighted by atomic mass is 10.2. The molecule has 0 atom stereocenters. The summed E-state index contributed by atoms with van der Waals surface area (Å²) in [6.07, 6.45) is 0.413. The number of hydrogen-bond acceptors (Lipinski definition) is 4. The maximum atomic E-state index is 11.8. The predicted molar refractivity (Wildman–Crippen MR) is 78.6 cm³/mol. The van der Waals surface area contributed by atoms with Crippen LogP contribution in [0.3, 0.4) is 0 Å². The van der Waals surface area contributed by atoms with E-state index < -0.39 is 0 Å². The topological polar surface area (TPSA) is 69.7 Å². The van der Waals surface area contributed by atoms with Crippen LogP contribution in [0, 0.1) is 0 Å². The molecular weight excluding hydrogens is 270 g/mol. The molecule has 0 aliphatic carbocycles. The van der Waals surface area contributed by atoms with E-state index in [1.807, 2.05) is 43.3 Å². The van der Waals surface area contributed by atoms with E-state index in [4.69, 9.17) is 0 Å². The SMILES string of the molecule is CN(C)c1ccc(CNC(=O)CN2C(=O)CCC2=O)cc1. The van der Waals surface area contributed by atoms with Gasteiger partial charge in [-0.25, -0.2) is 0 Å². The minimum Gasteiger partial charge on any atom is -0.378 e. The van der Waals surface area contributed by atoms with Crippen molar-refractivity contribution >= 4 is 23.4 Å². The van der Waals surface area contributed by atoms with E-state index in [0.29, 0.717) is 6.54 Å². The van der Waals surface area contributed by atoms with E-state index in [-0.39, 0.29) is 37.1 Å². The van der Waals surface area contributed by atoms with Gasteiger partial charge < -0.3 is 10.2 Å². The van der Waals surface area contributed by atoms with Crippen molar-refractivity contribution in [2.75, 3.05) is 25.5 Å². The second-order valence-corrected chi connectivity index (χ2v) is 5.21. The van der Waals surface area contributed by atoms with Crippen LogP contribution in [0.15, 0.2) is 24.3 Å². The van der Waals surface area contributed by atoms with Crippen molar-refractivity contribution in [3.8, 4) is 0 Å². The van der Waals surface area contributed by atoms with Crippen molar-refractivity contribution in [2.45, 2.75) is 19.4 Å². The molecule has 1 aliphatic heterocycles. The van der Waals surface area contributed by atoms with Gasteiger partial charge in [0, 0.05) is 39.2 Å². The first-order valence-electron chi connectivity index (χ1n) is 6.83. The van der Waals surface area contributed by atoms with Crippen LogP contribution >= 0.6 is 0 Å². The first-order chi connectivity index (χ1) is 9.97. The summed E-state index contributed by atoms with van der Waals surface area (Å²) in [5.41, 5.74) is 2.05. The Morgan fingerprint density at radius 3 is 2.24 bits per heavy atom. The highest BCUT2D eigenvalue weighted by Gasteiger charge is 2.30. The minimum atomic E-state index is -0.324. The number of carbonyl (C=O) groups is 3. The monoisotopic (exact) mass is 289 g/mol. The number of hydrogen-bond donors (Lipinski definition) is 1. The molecule has 1 N–H and O–H groups in total. The highest BCUT2D eigenvalue weighted by Crippen LogP contribution is 2.12. The molecule has 1 aliphatic rings. The van der Waals surface area contributed by atoms with Gasteiger partial charge in [0.2, 0.25) is 17.7 Å². The quantitative estimate of drug-likeness (QED) is 0.802. The third kappa shape index (κ3) is 3.81. The molecule has 6 heteroatoms. The molecular formula is C15H19N3O3. The average Bonchev–Trinajstić information content (AvgIpc) is 2.77. The van der Waals surface area contributed by atoms with E-state index in [2.05, 4.69) is 5.32 Å². The van der Waals surface area contributed by atoms with Gasteiger partial charge in [-0.2, -0.15) is 0 Å². The van der Waals surface area contributed by atoms with Gasteiger partial charge in [-0.05, 0) is 17.7 Å². The Bertz CT molecular complexity index is 536. The Hall–Kier alpha value is -2.37. The second-order valence-electron chi connectivity index (χ2n) is 5.21. The minimum absolute atomic E-state index is 0.187. The smallest absolute Gasteiger partial charge is 0.240 e. The molecule has 0 spiro atoms. The summed E-state index contributed by atoms with van der Waals surface area (Å²) in [6.45, 7) is 0.191. The van der Waals surface area contributed by atoms with E-state index >= 15 is 0 Å². The zero-order chi connectivity index (χ0) is 15.4. The third-order valence-corrected chi connectivity index (χ3v) is 3.40. The molecule has 0 unspecified atom stereocenters. The summed E-state index contributed by atoms with van der Waals surface area (Å²) in [5, 5.41) is 2.72. The molecule has 0 radical (unpaired) electrons. The number of anilines is 1. The molecule has 1 aromatic carbocycles. The lowest BCUT2D eigenvalue weighted by molar-refractivity contribution is -0.142. The number of likely N-dealkylation sites (tertiary alicyclic amines) is 1. The van der Waals surface area contributed by atoms with E-state index in [1.165, 1.54) is 0 Å². The van der Waals surface area contributed by atoms with Gasteiger partial charge in [-0.1, -0.05) is 12.1 Å². The van der Waals surface area contributed by atoms with Crippen molar-refractivity contribution < 1.29 is 14.4 Å². The van der Waals surface area contributed by atoms with Crippen molar-refractivity contribution in [1.29, 1.82) is 0 Å². The summed E-state index contributed by atoms with van der Waals surface area (Å²) in [6, 6.07) is 7.80. The molecule has 0 saturated carbocycles. The Kier molecular flexibility index (Phi) is 4.57. The highest BCUT2D eigenvalue weighted by atomic mass is 16.2. The van der Waals surface area contributed by atoms with Crippen molar-refractivity contribution in [2.24, 2.45) is 0 Å². The summed E-state index contributed by atoms with van der Waals surface area (Å²) < 4.78 is 0. The van der Waals surface area contributed by atoms with Crippen LogP contribution in [0.4, 0.5) is 5.69 Å². The summed E-state index contributed by atoms with van der Waals surface area (Å²) in [5.74, 6) is -0.869. The number of nitrogens with one attached hydrogen (secondary N) is 1. The van der Waals surface area contributed by atoms with E-state index in [9.17, 15) is 14.4 Å². The van der Waals surface area contributed by atoms with Crippen molar-refractivity contribution in [3.05, 3.63) is 29.8 Å². The number of benzene rings is 1. The van der Waals surface area contributed by atoms with Crippen molar-refractivity contribution in [3.63, 3.8) is 0 Å². The van der Waals surface area contributed by atoms with Gasteiger partial charge in [-0.15, -0.1) is 0 Å². The molecule has 1 heterocycles. The third-order valence-electron chi connectivity index (χ3n) is 3.40. The number of imide groups is 1. The van der Waals surface area contributed by atoms with Crippen LogP contribution in [0.2, 0.25) is 0 Å². The van der Waals surface area contributed by atoms with Crippen LogP contribution < -0.4 is 10.2 Å². The lowest BCUT2D eigenvalue weighted by Gasteiger charge is -2.14. The van der Waals surface area contributed by atoms with Crippen LogP contribution in [0.1, 0.15) is 18.4 Å². The number of nitrogens with zero attached hydrogens (tertiary/aromatic N) is 2. The number of rotatable bonds is 5. The zero-order valence-corrected chi connectivity index (χ0v) is 12.3. The number of amides is 3. The molecule has 0 bridgehead atoms. The fourth-order valence-corrected chi connectivity index (χ4v) is 2.11. The molecule has 6 nitrogen and oxygen atoms in total. The largest absolute Gasteiger partial charge is 0.378 e. The van der Waals surface area contributed by atoms with Crippen LogP contribution in [0.25, 0.3) is 0 Å². The Morgan fingerprint density at radius 2 is 1.71 bits per heavy atom. The summed E-state index contributed by atoms with van der Waals surface area (Å²) in [7, 11) is 3.92. The molecule has 3 amide bonds. The van der Waals surface area contributed by atoms with Crippen LogP contribution in [-0.4, -0.2) is 43.3 Å². The Labute approximate surface area is 123 Å². The molecule has 0 aromatic heterocycles. The first-order valence-corrected chi connectivity index (χ1v) is 6.83. The van der Waals surface area contributed by atoms with Gasteiger partial charge in [0.25, 0.3) is 0 Å². The average molecular weight is 289 g/mol. The summed E-state index contributed by atoms with van der Waals surface area (Å²) in [4.78, 5) is 37.6. The normalized spacial score (nSPS) is 14.5. The first kappa shape index (κ1) is 15.0. The maximum Gasteiger partial charge on any atom is 0.240 e. The summed E-state index contributed by atoms with van der Waals surface area (Å²) >= 11 is 0. The van der Waals surface area contributed by atoms with Gasteiger partial charge in [0.05, 0.1) is 0 Å². The van der Waals surface area contributed by atoms with Crippen LogP contribution in [-0.2, 0) is 20.9 Å². The van der Waals surface area contributed by atoms with Gasteiger partial charge in [0.15, 0.2) is 0 Å². The Balaban J connectivity index is 1.83. The van der Waals surface area contributed by atoms with Gasteiger partial charge in [-0.3, -0.25) is 19.3 Å².